The van der Waals surface area contributed by atoms with Crippen LogP contribution in [-0.4, -0.2) is 30.6 Å². The lowest BCUT2D eigenvalue weighted by Gasteiger charge is -2.24. The Balaban J connectivity index is 0.00000243. The van der Waals surface area contributed by atoms with Crippen LogP contribution in [0.4, 0.5) is 0 Å². The van der Waals surface area contributed by atoms with Crippen LogP contribution in [-0.2, 0) is 6.42 Å². The van der Waals surface area contributed by atoms with Crippen LogP contribution in [0.2, 0.25) is 0 Å². The fraction of sp³-hybridized carbons (Fsp3) is 0.500. The standard InChI is InChI=1S/C20H28N4O.HI/c1-15-8-10-16(11-9-15)19-23-18(14-25-19)12-13-22-20(21-2)24-17-6-4-3-5-7-17;/h8-11,14,17H,3-7,12-13H2,1-2H3,(H2,21,22,24);1H. The molecular weight excluding hydrogens is 439 g/mol. The van der Waals surface area contributed by atoms with Crippen molar-refractivity contribution >= 4 is 29.9 Å². The molecule has 0 atom stereocenters. The van der Waals surface area contributed by atoms with Crippen molar-refractivity contribution in [3.8, 4) is 11.5 Å². The summed E-state index contributed by atoms with van der Waals surface area (Å²) in [6, 6.07) is 8.78. The number of rotatable bonds is 5. The van der Waals surface area contributed by atoms with E-state index in [1.807, 2.05) is 19.2 Å². The number of hydrogen-bond donors (Lipinski definition) is 2. The van der Waals surface area contributed by atoms with E-state index in [1.165, 1.54) is 37.7 Å². The lowest BCUT2D eigenvalue weighted by Crippen LogP contribution is -2.44. The summed E-state index contributed by atoms with van der Waals surface area (Å²) in [6.07, 6.45) is 9.02. The molecule has 0 unspecified atom stereocenters. The van der Waals surface area contributed by atoms with Crippen LogP contribution in [0, 0.1) is 6.92 Å². The van der Waals surface area contributed by atoms with Gasteiger partial charge in [0.25, 0.3) is 0 Å². The number of aryl methyl sites for hydroxylation is 1. The quantitative estimate of drug-likeness (QED) is 0.390. The summed E-state index contributed by atoms with van der Waals surface area (Å²) < 4.78 is 5.61. The van der Waals surface area contributed by atoms with Crippen LogP contribution in [0.15, 0.2) is 39.9 Å². The molecule has 2 aromatic rings. The van der Waals surface area contributed by atoms with Gasteiger partial charge in [-0.15, -0.1) is 24.0 Å². The molecule has 0 spiro atoms. The Bertz CT molecular complexity index is 690. The highest BCUT2D eigenvalue weighted by molar-refractivity contribution is 14.0. The molecule has 2 N–H and O–H groups in total. The third kappa shape index (κ3) is 6.00. The zero-order chi connectivity index (χ0) is 17.5. The van der Waals surface area contributed by atoms with Gasteiger partial charge in [-0.2, -0.15) is 0 Å². The van der Waals surface area contributed by atoms with E-state index in [2.05, 4.69) is 39.7 Å². The molecule has 0 radical (unpaired) electrons. The largest absolute Gasteiger partial charge is 0.444 e. The molecule has 0 bridgehead atoms. The fourth-order valence-electron chi connectivity index (χ4n) is 3.19. The maximum Gasteiger partial charge on any atom is 0.226 e. The zero-order valence-corrected chi connectivity index (χ0v) is 18.0. The minimum atomic E-state index is 0. The Kier molecular flexibility index (Phi) is 8.41. The second kappa shape index (κ2) is 10.5. The maximum absolute atomic E-state index is 5.61. The molecule has 0 aliphatic heterocycles. The first-order valence-electron chi connectivity index (χ1n) is 9.23. The van der Waals surface area contributed by atoms with Gasteiger partial charge in [0.2, 0.25) is 5.89 Å². The fourth-order valence-corrected chi connectivity index (χ4v) is 3.19. The molecule has 142 valence electrons. The van der Waals surface area contributed by atoms with Gasteiger partial charge in [-0.05, 0) is 31.9 Å². The molecule has 1 aliphatic carbocycles. The number of halogens is 1. The monoisotopic (exact) mass is 468 g/mol. The van der Waals surface area contributed by atoms with E-state index in [1.54, 1.807) is 6.26 Å². The summed E-state index contributed by atoms with van der Waals surface area (Å²) in [5, 5.41) is 6.90. The van der Waals surface area contributed by atoms with Crippen molar-refractivity contribution < 1.29 is 4.42 Å². The van der Waals surface area contributed by atoms with E-state index < -0.39 is 0 Å². The number of benzene rings is 1. The molecule has 3 rings (SSSR count). The predicted molar refractivity (Wildman–Crippen MR) is 117 cm³/mol. The van der Waals surface area contributed by atoms with Gasteiger partial charge >= 0.3 is 0 Å². The van der Waals surface area contributed by atoms with Crippen molar-refractivity contribution in [3.63, 3.8) is 0 Å². The molecule has 1 aliphatic rings. The van der Waals surface area contributed by atoms with Crippen molar-refractivity contribution in [2.75, 3.05) is 13.6 Å². The first-order valence-corrected chi connectivity index (χ1v) is 9.23. The van der Waals surface area contributed by atoms with Crippen molar-refractivity contribution in [2.24, 2.45) is 4.99 Å². The van der Waals surface area contributed by atoms with Gasteiger partial charge in [0, 0.05) is 31.6 Å². The van der Waals surface area contributed by atoms with Crippen molar-refractivity contribution in [2.45, 2.75) is 51.5 Å². The molecule has 1 aromatic carbocycles. The topological polar surface area (TPSA) is 62.5 Å². The molecule has 0 amide bonds. The van der Waals surface area contributed by atoms with E-state index in [4.69, 9.17) is 4.42 Å². The summed E-state index contributed by atoms with van der Waals surface area (Å²) in [4.78, 5) is 8.91. The molecule has 1 heterocycles. The van der Waals surface area contributed by atoms with Gasteiger partial charge in [0.05, 0.1) is 5.69 Å². The van der Waals surface area contributed by atoms with E-state index >= 15 is 0 Å². The lowest BCUT2D eigenvalue weighted by atomic mass is 9.96. The second-order valence-electron chi connectivity index (χ2n) is 6.74. The third-order valence-electron chi connectivity index (χ3n) is 4.69. The highest BCUT2D eigenvalue weighted by atomic mass is 127. The third-order valence-corrected chi connectivity index (χ3v) is 4.69. The first kappa shape index (κ1) is 20.7. The van der Waals surface area contributed by atoms with Crippen LogP contribution in [0.3, 0.4) is 0 Å². The van der Waals surface area contributed by atoms with Gasteiger partial charge < -0.3 is 15.1 Å². The highest BCUT2D eigenvalue weighted by Crippen LogP contribution is 2.19. The number of aliphatic imine (C=N–C) groups is 1. The Hall–Kier alpha value is -1.57. The Morgan fingerprint density at radius 1 is 1.19 bits per heavy atom. The van der Waals surface area contributed by atoms with Gasteiger partial charge in [-0.1, -0.05) is 37.0 Å². The highest BCUT2D eigenvalue weighted by Gasteiger charge is 2.14. The van der Waals surface area contributed by atoms with Crippen molar-refractivity contribution in [3.05, 3.63) is 41.8 Å². The smallest absolute Gasteiger partial charge is 0.226 e. The van der Waals surface area contributed by atoms with Crippen LogP contribution in [0.25, 0.3) is 11.5 Å². The molecule has 1 aromatic heterocycles. The lowest BCUT2D eigenvalue weighted by molar-refractivity contribution is 0.410. The summed E-state index contributed by atoms with van der Waals surface area (Å²) in [5.41, 5.74) is 3.20. The number of aromatic nitrogens is 1. The number of nitrogens with zero attached hydrogens (tertiary/aromatic N) is 2. The molecule has 0 saturated heterocycles. The van der Waals surface area contributed by atoms with Crippen LogP contribution in [0.1, 0.15) is 43.4 Å². The molecule has 26 heavy (non-hydrogen) atoms. The van der Waals surface area contributed by atoms with Crippen molar-refractivity contribution in [1.82, 2.24) is 15.6 Å². The number of hydrogen-bond acceptors (Lipinski definition) is 3. The van der Waals surface area contributed by atoms with Gasteiger partial charge in [-0.3, -0.25) is 4.99 Å². The zero-order valence-electron chi connectivity index (χ0n) is 15.6. The van der Waals surface area contributed by atoms with Gasteiger partial charge in [-0.25, -0.2) is 4.98 Å². The first-order chi connectivity index (χ1) is 12.2. The molecule has 5 nitrogen and oxygen atoms in total. The normalized spacial score (nSPS) is 15.4. The number of guanidine groups is 1. The van der Waals surface area contributed by atoms with E-state index in [9.17, 15) is 0 Å². The predicted octanol–water partition coefficient (Wildman–Crippen LogP) is 4.31. The minimum absolute atomic E-state index is 0. The minimum Gasteiger partial charge on any atom is -0.444 e. The van der Waals surface area contributed by atoms with E-state index in [-0.39, 0.29) is 24.0 Å². The summed E-state index contributed by atoms with van der Waals surface area (Å²) in [7, 11) is 1.82. The Morgan fingerprint density at radius 3 is 2.62 bits per heavy atom. The van der Waals surface area contributed by atoms with Crippen LogP contribution >= 0.6 is 24.0 Å². The van der Waals surface area contributed by atoms with E-state index in [0.717, 1.165) is 30.2 Å². The summed E-state index contributed by atoms with van der Waals surface area (Å²) in [5.74, 6) is 1.56. The number of nitrogens with one attached hydrogen (secondary N) is 2. The van der Waals surface area contributed by atoms with Crippen LogP contribution < -0.4 is 10.6 Å². The summed E-state index contributed by atoms with van der Waals surface area (Å²) in [6.45, 7) is 2.86. The Morgan fingerprint density at radius 2 is 1.92 bits per heavy atom. The average molecular weight is 468 g/mol. The van der Waals surface area contributed by atoms with Gasteiger partial charge in [0.15, 0.2) is 5.96 Å². The van der Waals surface area contributed by atoms with Crippen molar-refractivity contribution in [1.29, 1.82) is 0 Å². The Labute approximate surface area is 173 Å². The maximum atomic E-state index is 5.61. The second-order valence-corrected chi connectivity index (χ2v) is 6.74. The van der Waals surface area contributed by atoms with E-state index in [0.29, 0.717) is 11.9 Å². The SMILES string of the molecule is CN=C(NCCc1coc(-c2ccc(C)cc2)n1)NC1CCCCC1.I. The average Bonchev–Trinajstić information content (AvgIpc) is 3.11. The van der Waals surface area contributed by atoms with Gasteiger partial charge in [0.1, 0.15) is 6.26 Å². The molecule has 6 heteroatoms. The molecule has 1 saturated carbocycles. The number of oxazole rings is 1. The summed E-state index contributed by atoms with van der Waals surface area (Å²) >= 11 is 0. The van der Waals surface area contributed by atoms with Crippen LogP contribution in [0.5, 0.6) is 0 Å². The molecule has 1 fully saturated rings. The molecular formula is C20H29IN4O.